The van der Waals surface area contributed by atoms with Crippen LogP contribution in [0.25, 0.3) is 0 Å². The van der Waals surface area contributed by atoms with E-state index in [-0.39, 0.29) is 0 Å². The predicted octanol–water partition coefficient (Wildman–Crippen LogP) is 2.65. The average Bonchev–Trinajstić information content (AvgIpc) is 1.88. The summed E-state index contributed by atoms with van der Waals surface area (Å²) in [5, 5.41) is 0. The van der Waals surface area contributed by atoms with Gasteiger partial charge < -0.3 is 4.89 Å². The zero-order valence-electron chi connectivity index (χ0n) is 6.18. The second kappa shape index (κ2) is 11.7. The van der Waals surface area contributed by atoms with Crippen molar-refractivity contribution in [3.05, 3.63) is 0 Å². The fourth-order valence-electron chi connectivity index (χ4n) is 0.189. The van der Waals surface area contributed by atoms with Crippen LogP contribution in [0.15, 0.2) is 0 Å². The van der Waals surface area contributed by atoms with Crippen molar-refractivity contribution in [1.82, 2.24) is 0 Å². The molecule has 58 valence electrons. The molecule has 0 spiro atoms. The van der Waals surface area contributed by atoms with Gasteiger partial charge in [0.05, 0.1) is 0 Å². The smallest absolute Gasteiger partial charge is 0.104 e. The molecule has 1 N–H and O–H groups in total. The molecular weight excluding hydrogens is 171 g/mol. The van der Waals surface area contributed by atoms with Crippen LogP contribution in [0.5, 0.6) is 0 Å². The van der Waals surface area contributed by atoms with E-state index in [1.165, 1.54) is 11.4 Å². The third-order valence-electron chi connectivity index (χ3n) is 0.430. The Morgan fingerprint density at radius 3 is 2.11 bits per heavy atom. The molecule has 0 heterocycles. The lowest BCUT2D eigenvalue weighted by molar-refractivity contribution is 0.658. The molecule has 1 nitrogen and oxygen atoms in total. The summed E-state index contributed by atoms with van der Waals surface area (Å²) in [5.41, 5.74) is 0. The number of hydrogen-bond donors (Lipinski definition) is 1. The number of rotatable bonds is 3. The molecule has 4 heteroatoms. The minimum absolute atomic E-state index is 1.01. The van der Waals surface area contributed by atoms with Crippen LogP contribution >= 0.6 is 17.5 Å². The lowest BCUT2D eigenvalue weighted by atomic mass is 10.6. The van der Waals surface area contributed by atoms with Crippen LogP contribution in [0.1, 0.15) is 27.2 Å². The quantitative estimate of drug-likeness (QED) is 0.684. The first-order valence-electron chi connectivity index (χ1n) is 3.13. The Bertz CT molecular complexity index is 68.0. The zero-order valence-corrected chi connectivity index (χ0v) is 8.81. The Balaban J connectivity index is 0. The highest BCUT2D eigenvalue weighted by Gasteiger charge is 1.83. The molecule has 0 aromatic carbocycles. The van der Waals surface area contributed by atoms with Gasteiger partial charge in [-0.1, -0.05) is 32.6 Å². The Kier molecular flexibility index (Phi) is 16.4. The van der Waals surface area contributed by atoms with Crippen molar-refractivity contribution >= 4 is 29.3 Å². The summed E-state index contributed by atoms with van der Waals surface area (Å²) in [5.74, 6) is 1.01. The minimum Gasteiger partial charge on any atom is -0.359 e. The van der Waals surface area contributed by atoms with Crippen molar-refractivity contribution in [2.45, 2.75) is 27.2 Å². The van der Waals surface area contributed by atoms with Gasteiger partial charge in [0.25, 0.3) is 0 Å². The molecule has 0 rings (SSSR count). The molecule has 0 amide bonds. The topological polar surface area (TPSA) is 20.2 Å². The first kappa shape index (κ1) is 12.6. The molecule has 0 fully saturated rings. The maximum absolute atomic E-state index is 8.56. The molecule has 0 aromatic heterocycles. The standard InChI is InChI=1S/C3H9OPS2.C2H6/c1-2-3-7-5(4)6;1-2/h5H,2-3H2,1H3,(H,4,6);1-2H3. The highest BCUT2D eigenvalue weighted by molar-refractivity contribution is 8.62. The van der Waals surface area contributed by atoms with E-state index < -0.39 is 6.13 Å². The molecule has 0 saturated heterocycles. The first-order chi connectivity index (χ1) is 4.27. The lowest BCUT2D eigenvalue weighted by Crippen LogP contribution is -1.64. The van der Waals surface area contributed by atoms with E-state index in [4.69, 9.17) is 4.89 Å². The Morgan fingerprint density at radius 1 is 1.56 bits per heavy atom. The van der Waals surface area contributed by atoms with Crippen LogP contribution in [0.2, 0.25) is 0 Å². The lowest BCUT2D eigenvalue weighted by Gasteiger charge is -1.90. The third kappa shape index (κ3) is 17.6. The van der Waals surface area contributed by atoms with Gasteiger partial charge in [-0.05, 0) is 12.2 Å². The molecule has 0 saturated carbocycles. The summed E-state index contributed by atoms with van der Waals surface area (Å²) in [6, 6.07) is 0. The highest BCUT2D eigenvalue weighted by Crippen LogP contribution is 2.32. The minimum atomic E-state index is -1.40. The van der Waals surface area contributed by atoms with E-state index in [0.717, 1.165) is 12.2 Å². The van der Waals surface area contributed by atoms with Crippen molar-refractivity contribution in [1.29, 1.82) is 0 Å². The third-order valence-corrected chi connectivity index (χ3v) is 3.70. The second-order valence-electron chi connectivity index (χ2n) is 1.11. The zero-order chi connectivity index (χ0) is 7.70. The molecule has 0 aliphatic heterocycles. The molecule has 1 atom stereocenters. The predicted molar refractivity (Wildman–Crippen MR) is 52.0 cm³/mol. The monoisotopic (exact) mass is 186 g/mol. The average molecular weight is 186 g/mol. The van der Waals surface area contributed by atoms with Gasteiger partial charge in [0.1, 0.15) is 6.13 Å². The Labute approximate surface area is 67.5 Å². The maximum atomic E-state index is 8.56. The van der Waals surface area contributed by atoms with Crippen molar-refractivity contribution in [2.24, 2.45) is 0 Å². The van der Waals surface area contributed by atoms with Gasteiger partial charge in [-0.15, -0.1) is 11.4 Å². The summed E-state index contributed by atoms with van der Waals surface area (Å²) in [7, 11) is 0. The van der Waals surface area contributed by atoms with Crippen LogP contribution in [0.4, 0.5) is 0 Å². The van der Waals surface area contributed by atoms with Gasteiger partial charge >= 0.3 is 0 Å². The van der Waals surface area contributed by atoms with Crippen molar-refractivity contribution < 1.29 is 4.89 Å². The van der Waals surface area contributed by atoms with E-state index in [1.807, 2.05) is 13.8 Å². The molecule has 0 aromatic rings. The van der Waals surface area contributed by atoms with Gasteiger partial charge in [-0.2, -0.15) is 0 Å². The van der Waals surface area contributed by atoms with Gasteiger partial charge in [0.2, 0.25) is 0 Å². The van der Waals surface area contributed by atoms with Crippen LogP contribution < -0.4 is 0 Å². The van der Waals surface area contributed by atoms with Crippen molar-refractivity contribution in [3.63, 3.8) is 0 Å². The molecular formula is C5H15OPS2. The fraction of sp³-hybridized carbons (Fsp3) is 1.00. The summed E-state index contributed by atoms with van der Waals surface area (Å²) in [6.07, 6.45) is -0.290. The summed E-state index contributed by atoms with van der Waals surface area (Å²) in [4.78, 5) is 8.56. The van der Waals surface area contributed by atoms with Crippen LogP contribution in [0.3, 0.4) is 0 Å². The maximum Gasteiger partial charge on any atom is 0.104 e. The van der Waals surface area contributed by atoms with Crippen LogP contribution in [0, 0.1) is 0 Å². The van der Waals surface area contributed by atoms with Crippen LogP contribution in [-0.4, -0.2) is 10.6 Å². The van der Waals surface area contributed by atoms with E-state index >= 15 is 0 Å². The second-order valence-corrected chi connectivity index (χ2v) is 6.30. The fourth-order valence-corrected chi connectivity index (χ4v) is 2.45. The van der Waals surface area contributed by atoms with Crippen LogP contribution in [-0.2, 0) is 11.8 Å². The Morgan fingerprint density at radius 2 is 2.00 bits per heavy atom. The van der Waals surface area contributed by atoms with Gasteiger partial charge in [-0.3, -0.25) is 0 Å². The largest absolute Gasteiger partial charge is 0.359 e. The van der Waals surface area contributed by atoms with E-state index in [2.05, 4.69) is 18.7 Å². The summed E-state index contributed by atoms with van der Waals surface area (Å²) in [6.45, 7) is 6.08. The molecule has 0 bridgehead atoms. The Hall–Kier alpha value is 0.960. The van der Waals surface area contributed by atoms with Gasteiger partial charge in [0.15, 0.2) is 0 Å². The molecule has 0 aliphatic rings. The van der Waals surface area contributed by atoms with Gasteiger partial charge in [0, 0.05) is 0 Å². The molecule has 1 unspecified atom stereocenters. The van der Waals surface area contributed by atoms with E-state index in [1.54, 1.807) is 0 Å². The van der Waals surface area contributed by atoms with E-state index in [0.29, 0.717) is 0 Å². The molecule has 0 aliphatic carbocycles. The van der Waals surface area contributed by atoms with E-state index in [9.17, 15) is 0 Å². The summed E-state index contributed by atoms with van der Waals surface area (Å²) >= 11 is 6.07. The van der Waals surface area contributed by atoms with Gasteiger partial charge in [-0.25, -0.2) is 0 Å². The SMILES string of the molecule is CC.CCCS[PH](O)=S. The number of hydrogen-bond acceptors (Lipinski definition) is 2. The normalized spacial score (nSPS) is 11.6. The first-order valence-corrected chi connectivity index (χ1v) is 7.42. The molecule has 0 radical (unpaired) electrons. The van der Waals surface area contributed by atoms with Crippen molar-refractivity contribution in [3.8, 4) is 0 Å². The highest BCUT2D eigenvalue weighted by atomic mass is 32.9. The van der Waals surface area contributed by atoms with Crippen molar-refractivity contribution in [2.75, 3.05) is 5.75 Å². The summed E-state index contributed by atoms with van der Waals surface area (Å²) < 4.78 is 0. The molecule has 9 heavy (non-hydrogen) atoms.